The molecule has 2 heteroatoms. The van der Waals surface area contributed by atoms with E-state index >= 15 is 0 Å². The van der Waals surface area contributed by atoms with Crippen LogP contribution >= 0.6 is 0 Å². The van der Waals surface area contributed by atoms with Gasteiger partial charge in [0.25, 0.3) is 0 Å². The Morgan fingerprint density at radius 1 is 1.18 bits per heavy atom. The summed E-state index contributed by atoms with van der Waals surface area (Å²) in [4.78, 5) is 2.84. The zero-order chi connectivity index (χ0) is 12.1. The Bertz CT molecular complexity index is 211. The summed E-state index contributed by atoms with van der Waals surface area (Å²) in [6.07, 6.45) is 11.6. The van der Waals surface area contributed by atoms with Gasteiger partial charge in [-0.2, -0.15) is 0 Å². The van der Waals surface area contributed by atoms with Gasteiger partial charge in [0.1, 0.15) is 0 Å². The molecule has 0 aromatic rings. The van der Waals surface area contributed by atoms with Gasteiger partial charge in [0.2, 0.25) is 0 Å². The minimum atomic E-state index is 0.802. The molecule has 100 valence electrons. The first-order valence-electron chi connectivity index (χ1n) is 7.73. The zero-order valence-electron chi connectivity index (χ0n) is 11.8. The molecule has 1 N–H and O–H groups in total. The van der Waals surface area contributed by atoms with Gasteiger partial charge in [-0.3, -0.25) is 4.90 Å². The van der Waals surface area contributed by atoms with Crippen molar-refractivity contribution >= 4 is 0 Å². The summed E-state index contributed by atoms with van der Waals surface area (Å²) < 4.78 is 0. The van der Waals surface area contributed by atoms with E-state index in [9.17, 15) is 0 Å². The summed E-state index contributed by atoms with van der Waals surface area (Å²) in [5, 5.41) is 3.26. The first-order valence-corrected chi connectivity index (χ1v) is 7.73. The molecule has 1 aliphatic carbocycles. The van der Waals surface area contributed by atoms with Gasteiger partial charge in [0, 0.05) is 12.1 Å². The van der Waals surface area contributed by atoms with E-state index in [1.165, 1.54) is 64.5 Å². The third-order valence-corrected chi connectivity index (χ3v) is 4.90. The first kappa shape index (κ1) is 13.4. The number of likely N-dealkylation sites (tertiary alicyclic amines) is 1. The Morgan fingerprint density at radius 2 is 1.94 bits per heavy atom. The van der Waals surface area contributed by atoms with Crippen molar-refractivity contribution in [3.63, 3.8) is 0 Å². The highest BCUT2D eigenvalue weighted by Gasteiger charge is 2.35. The normalized spacial score (nSPS) is 28.9. The molecule has 0 spiro atoms. The predicted octanol–water partition coefficient (Wildman–Crippen LogP) is 3.03. The van der Waals surface area contributed by atoms with E-state index in [-0.39, 0.29) is 0 Å². The number of nitrogens with one attached hydrogen (secondary N) is 1. The van der Waals surface area contributed by atoms with Gasteiger partial charge in [-0.05, 0) is 71.5 Å². The molecule has 2 atom stereocenters. The standard InChI is InChI=1S/C15H30N2/c1-13(7-5-11-16-2)17-12-6-10-15(17)14-8-3-4-9-14/h13-16H,3-12H2,1-2H3. The van der Waals surface area contributed by atoms with E-state index in [0.717, 1.165) is 18.0 Å². The van der Waals surface area contributed by atoms with Gasteiger partial charge < -0.3 is 5.32 Å². The first-order chi connectivity index (χ1) is 8.33. The van der Waals surface area contributed by atoms with Crippen molar-refractivity contribution in [2.45, 2.75) is 70.4 Å². The van der Waals surface area contributed by atoms with Crippen molar-refractivity contribution < 1.29 is 0 Å². The smallest absolute Gasteiger partial charge is 0.0127 e. The third-order valence-electron chi connectivity index (χ3n) is 4.90. The Hall–Kier alpha value is -0.0800. The van der Waals surface area contributed by atoms with Crippen LogP contribution in [-0.2, 0) is 0 Å². The fraction of sp³-hybridized carbons (Fsp3) is 1.00. The molecule has 0 amide bonds. The number of hydrogen-bond donors (Lipinski definition) is 1. The summed E-state index contributed by atoms with van der Waals surface area (Å²) in [7, 11) is 2.06. The van der Waals surface area contributed by atoms with Crippen LogP contribution in [0.1, 0.15) is 58.3 Å². The van der Waals surface area contributed by atoms with E-state index in [2.05, 4.69) is 24.2 Å². The highest BCUT2D eigenvalue weighted by molar-refractivity contribution is 4.89. The molecule has 0 bridgehead atoms. The molecule has 0 aromatic carbocycles. The second-order valence-electron chi connectivity index (χ2n) is 6.09. The Labute approximate surface area is 107 Å². The van der Waals surface area contributed by atoms with Gasteiger partial charge in [0.05, 0.1) is 0 Å². The van der Waals surface area contributed by atoms with Crippen molar-refractivity contribution in [2.24, 2.45) is 5.92 Å². The van der Waals surface area contributed by atoms with Gasteiger partial charge >= 0.3 is 0 Å². The average Bonchev–Trinajstić information content (AvgIpc) is 2.99. The largest absolute Gasteiger partial charge is 0.320 e. The topological polar surface area (TPSA) is 15.3 Å². The molecule has 2 unspecified atom stereocenters. The number of nitrogens with zero attached hydrogens (tertiary/aromatic N) is 1. The quantitative estimate of drug-likeness (QED) is 0.716. The highest BCUT2D eigenvalue weighted by Crippen LogP contribution is 2.36. The summed E-state index contributed by atoms with van der Waals surface area (Å²) in [5.74, 6) is 1.03. The summed E-state index contributed by atoms with van der Waals surface area (Å²) in [5.41, 5.74) is 0. The maximum absolute atomic E-state index is 3.26. The lowest BCUT2D eigenvalue weighted by Gasteiger charge is -2.34. The molecule has 2 fully saturated rings. The molecule has 2 aliphatic rings. The monoisotopic (exact) mass is 238 g/mol. The molecule has 2 rings (SSSR count). The van der Waals surface area contributed by atoms with Crippen LogP contribution < -0.4 is 5.32 Å². The van der Waals surface area contributed by atoms with Crippen LogP contribution in [0.2, 0.25) is 0 Å². The van der Waals surface area contributed by atoms with Gasteiger partial charge in [0.15, 0.2) is 0 Å². The lowest BCUT2D eigenvalue weighted by atomic mass is 9.95. The lowest BCUT2D eigenvalue weighted by Crippen LogP contribution is -2.41. The molecule has 1 heterocycles. The number of rotatable bonds is 6. The average molecular weight is 238 g/mol. The molecule has 17 heavy (non-hydrogen) atoms. The van der Waals surface area contributed by atoms with E-state index in [4.69, 9.17) is 0 Å². The van der Waals surface area contributed by atoms with Crippen molar-refractivity contribution in [3.05, 3.63) is 0 Å². The van der Waals surface area contributed by atoms with Gasteiger partial charge in [-0.25, -0.2) is 0 Å². The van der Waals surface area contributed by atoms with Gasteiger partial charge in [-0.1, -0.05) is 12.8 Å². The molecular formula is C15H30N2. The SMILES string of the molecule is CNCCCC(C)N1CCCC1C1CCCC1. The second-order valence-corrected chi connectivity index (χ2v) is 6.09. The summed E-state index contributed by atoms with van der Waals surface area (Å²) in [6.45, 7) is 4.98. The van der Waals surface area contributed by atoms with Crippen LogP contribution in [0.4, 0.5) is 0 Å². The Morgan fingerprint density at radius 3 is 2.65 bits per heavy atom. The summed E-state index contributed by atoms with van der Waals surface area (Å²) >= 11 is 0. The van der Waals surface area contributed by atoms with Crippen LogP contribution in [0.25, 0.3) is 0 Å². The zero-order valence-corrected chi connectivity index (χ0v) is 11.8. The molecule has 1 saturated heterocycles. The molecule has 2 nitrogen and oxygen atoms in total. The van der Waals surface area contributed by atoms with Crippen molar-refractivity contribution in [3.8, 4) is 0 Å². The van der Waals surface area contributed by atoms with Crippen LogP contribution in [0.5, 0.6) is 0 Å². The second kappa shape index (κ2) is 6.75. The van der Waals surface area contributed by atoms with E-state index in [0.29, 0.717) is 0 Å². The molecule has 0 radical (unpaired) electrons. The molecular weight excluding hydrogens is 208 g/mol. The summed E-state index contributed by atoms with van der Waals surface area (Å²) in [6, 6.07) is 1.73. The van der Waals surface area contributed by atoms with Crippen molar-refractivity contribution in [1.29, 1.82) is 0 Å². The third kappa shape index (κ3) is 3.45. The lowest BCUT2D eigenvalue weighted by molar-refractivity contribution is 0.136. The minimum absolute atomic E-state index is 0.802. The Balaban J connectivity index is 1.80. The Kier molecular flexibility index (Phi) is 5.30. The molecule has 1 saturated carbocycles. The van der Waals surface area contributed by atoms with E-state index < -0.39 is 0 Å². The van der Waals surface area contributed by atoms with Crippen molar-refractivity contribution in [2.75, 3.05) is 20.1 Å². The van der Waals surface area contributed by atoms with E-state index in [1.807, 2.05) is 0 Å². The highest BCUT2D eigenvalue weighted by atomic mass is 15.2. The van der Waals surface area contributed by atoms with Crippen LogP contribution in [0.15, 0.2) is 0 Å². The molecule has 1 aliphatic heterocycles. The number of hydrogen-bond acceptors (Lipinski definition) is 2. The van der Waals surface area contributed by atoms with Crippen LogP contribution in [-0.4, -0.2) is 37.1 Å². The predicted molar refractivity (Wildman–Crippen MR) is 74.3 cm³/mol. The fourth-order valence-electron chi connectivity index (χ4n) is 3.95. The van der Waals surface area contributed by atoms with Crippen molar-refractivity contribution in [1.82, 2.24) is 10.2 Å². The molecule has 0 aromatic heterocycles. The van der Waals surface area contributed by atoms with Gasteiger partial charge in [-0.15, -0.1) is 0 Å². The van der Waals surface area contributed by atoms with E-state index in [1.54, 1.807) is 0 Å². The van der Waals surface area contributed by atoms with Crippen LogP contribution in [0, 0.1) is 5.92 Å². The minimum Gasteiger partial charge on any atom is -0.320 e. The maximum atomic E-state index is 3.26. The van der Waals surface area contributed by atoms with Crippen LogP contribution in [0.3, 0.4) is 0 Å². The fourth-order valence-corrected chi connectivity index (χ4v) is 3.95. The maximum Gasteiger partial charge on any atom is 0.0127 e.